The first kappa shape index (κ1) is 16.5. The molecule has 1 aromatic rings. The van der Waals surface area contributed by atoms with Crippen LogP contribution < -0.4 is 10.1 Å². The van der Waals surface area contributed by atoms with E-state index in [4.69, 9.17) is 14.6 Å². The third-order valence-electron chi connectivity index (χ3n) is 3.05. The van der Waals surface area contributed by atoms with Crippen LogP contribution in [0, 0.1) is 6.92 Å². The monoisotopic (exact) mass is 281 g/mol. The Balaban J connectivity index is 2.60. The topological polar surface area (TPSA) is 67.8 Å². The number of aliphatic hydroxyl groups is 1. The molecule has 1 aromatic carbocycles. The molecule has 1 unspecified atom stereocenters. The molecule has 0 spiro atoms. The fraction of sp³-hybridized carbons (Fsp3) is 0.533. The van der Waals surface area contributed by atoms with Crippen molar-refractivity contribution < 1.29 is 19.4 Å². The summed E-state index contributed by atoms with van der Waals surface area (Å²) in [6.07, 6.45) is 0.763. The molecule has 112 valence electrons. The van der Waals surface area contributed by atoms with Crippen molar-refractivity contribution in [2.75, 3.05) is 27.4 Å². The number of aliphatic hydroxyl groups excluding tert-OH is 1. The first-order chi connectivity index (χ1) is 9.60. The maximum absolute atomic E-state index is 12.0. The van der Waals surface area contributed by atoms with Crippen molar-refractivity contribution in [3.05, 3.63) is 29.3 Å². The summed E-state index contributed by atoms with van der Waals surface area (Å²) >= 11 is 0. The number of aryl methyl sites for hydroxylation is 1. The van der Waals surface area contributed by atoms with Gasteiger partial charge in [-0.2, -0.15) is 0 Å². The molecule has 0 fully saturated rings. The van der Waals surface area contributed by atoms with Gasteiger partial charge in [-0.1, -0.05) is 12.1 Å². The highest BCUT2D eigenvalue weighted by atomic mass is 16.5. The van der Waals surface area contributed by atoms with E-state index in [2.05, 4.69) is 5.32 Å². The van der Waals surface area contributed by atoms with E-state index in [1.807, 2.05) is 25.1 Å². The van der Waals surface area contributed by atoms with Crippen LogP contribution in [0.5, 0.6) is 5.75 Å². The molecule has 0 saturated heterocycles. The predicted octanol–water partition coefficient (Wildman–Crippen LogP) is 1.06. The van der Waals surface area contributed by atoms with Crippen molar-refractivity contribution in [1.82, 2.24) is 5.32 Å². The molecule has 2 N–H and O–H groups in total. The van der Waals surface area contributed by atoms with Crippen molar-refractivity contribution in [3.63, 3.8) is 0 Å². The zero-order valence-electron chi connectivity index (χ0n) is 12.3. The van der Waals surface area contributed by atoms with Gasteiger partial charge in [0.2, 0.25) is 5.91 Å². The lowest BCUT2D eigenvalue weighted by atomic mass is 10.1. The molecule has 0 bridgehead atoms. The van der Waals surface area contributed by atoms with Gasteiger partial charge < -0.3 is 19.9 Å². The second-order valence-corrected chi connectivity index (χ2v) is 4.71. The minimum atomic E-state index is -0.162. The predicted molar refractivity (Wildman–Crippen MR) is 76.9 cm³/mol. The van der Waals surface area contributed by atoms with Crippen molar-refractivity contribution in [3.8, 4) is 5.75 Å². The van der Waals surface area contributed by atoms with Crippen LogP contribution in [0.15, 0.2) is 18.2 Å². The van der Waals surface area contributed by atoms with Gasteiger partial charge >= 0.3 is 0 Å². The van der Waals surface area contributed by atoms with Crippen molar-refractivity contribution in [2.24, 2.45) is 0 Å². The lowest BCUT2D eigenvalue weighted by molar-refractivity contribution is -0.121. The second-order valence-electron chi connectivity index (χ2n) is 4.71. The standard InChI is InChI=1S/C15H23NO4/c1-11-4-5-12(8-14(11)20-3)9-15(18)16-13(6-7-17)10-19-2/h4-5,8,13,17H,6-7,9-10H2,1-3H3,(H,16,18). The van der Waals surface area contributed by atoms with Gasteiger partial charge in [0, 0.05) is 13.7 Å². The van der Waals surface area contributed by atoms with Gasteiger partial charge in [0.1, 0.15) is 5.75 Å². The average molecular weight is 281 g/mol. The highest BCUT2D eigenvalue weighted by molar-refractivity contribution is 5.79. The van der Waals surface area contributed by atoms with E-state index in [1.54, 1.807) is 14.2 Å². The van der Waals surface area contributed by atoms with Crippen LogP contribution in [0.3, 0.4) is 0 Å². The van der Waals surface area contributed by atoms with E-state index in [0.29, 0.717) is 13.0 Å². The molecule has 0 aromatic heterocycles. The Morgan fingerprint density at radius 1 is 1.40 bits per heavy atom. The third-order valence-corrected chi connectivity index (χ3v) is 3.05. The smallest absolute Gasteiger partial charge is 0.224 e. The van der Waals surface area contributed by atoms with E-state index >= 15 is 0 Å². The zero-order chi connectivity index (χ0) is 15.0. The average Bonchev–Trinajstić information content (AvgIpc) is 2.41. The molecule has 0 saturated carbocycles. The van der Waals surface area contributed by atoms with Crippen LogP contribution in [0.1, 0.15) is 17.5 Å². The number of carbonyl (C=O) groups excluding carboxylic acids is 1. The Hall–Kier alpha value is -1.59. The minimum Gasteiger partial charge on any atom is -0.496 e. The van der Waals surface area contributed by atoms with E-state index < -0.39 is 0 Å². The summed E-state index contributed by atoms with van der Waals surface area (Å²) in [5.41, 5.74) is 1.93. The van der Waals surface area contributed by atoms with Crippen LogP contribution in [0.4, 0.5) is 0 Å². The lowest BCUT2D eigenvalue weighted by Crippen LogP contribution is -2.39. The highest BCUT2D eigenvalue weighted by Gasteiger charge is 2.12. The van der Waals surface area contributed by atoms with Crippen LogP contribution in [0.2, 0.25) is 0 Å². The van der Waals surface area contributed by atoms with Gasteiger partial charge in [-0.3, -0.25) is 4.79 Å². The molecular weight excluding hydrogens is 258 g/mol. The SMILES string of the molecule is COCC(CCO)NC(=O)Cc1ccc(C)c(OC)c1. The number of hydrogen-bond donors (Lipinski definition) is 2. The Labute approximate surface area is 119 Å². The fourth-order valence-corrected chi connectivity index (χ4v) is 1.99. The van der Waals surface area contributed by atoms with Crippen LogP contribution in [-0.2, 0) is 16.0 Å². The first-order valence-electron chi connectivity index (χ1n) is 6.63. The maximum atomic E-state index is 12.0. The van der Waals surface area contributed by atoms with E-state index in [-0.39, 0.29) is 25.0 Å². The Bertz CT molecular complexity index is 428. The first-order valence-corrected chi connectivity index (χ1v) is 6.63. The van der Waals surface area contributed by atoms with Gasteiger partial charge in [0.15, 0.2) is 0 Å². The number of benzene rings is 1. The third kappa shape index (κ3) is 5.19. The molecule has 0 aliphatic carbocycles. The molecule has 0 aliphatic heterocycles. The van der Waals surface area contributed by atoms with Gasteiger partial charge in [-0.15, -0.1) is 0 Å². The quantitative estimate of drug-likeness (QED) is 0.747. The number of hydrogen-bond acceptors (Lipinski definition) is 4. The van der Waals surface area contributed by atoms with Crippen molar-refractivity contribution in [2.45, 2.75) is 25.8 Å². The molecule has 0 aliphatic rings. The van der Waals surface area contributed by atoms with Crippen LogP contribution in [0.25, 0.3) is 0 Å². The lowest BCUT2D eigenvalue weighted by Gasteiger charge is -2.17. The van der Waals surface area contributed by atoms with E-state index in [1.165, 1.54) is 0 Å². The number of ether oxygens (including phenoxy) is 2. The van der Waals surface area contributed by atoms with E-state index in [9.17, 15) is 4.79 Å². The van der Waals surface area contributed by atoms with E-state index in [0.717, 1.165) is 16.9 Å². The van der Waals surface area contributed by atoms with Crippen molar-refractivity contribution in [1.29, 1.82) is 0 Å². The zero-order valence-corrected chi connectivity index (χ0v) is 12.3. The second kappa shape index (κ2) is 8.55. The molecular formula is C15H23NO4. The Morgan fingerprint density at radius 3 is 2.75 bits per heavy atom. The molecule has 5 heteroatoms. The van der Waals surface area contributed by atoms with Gasteiger partial charge in [0.25, 0.3) is 0 Å². The molecule has 1 atom stereocenters. The number of carbonyl (C=O) groups is 1. The summed E-state index contributed by atoms with van der Waals surface area (Å²) in [5, 5.41) is 11.8. The molecule has 0 radical (unpaired) electrons. The molecule has 0 heterocycles. The number of methoxy groups -OCH3 is 2. The summed E-state index contributed by atoms with van der Waals surface area (Å²) in [5.74, 6) is 0.686. The molecule has 1 amide bonds. The largest absolute Gasteiger partial charge is 0.496 e. The normalized spacial score (nSPS) is 12.0. The Morgan fingerprint density at radius 2 is 2.15 bits per heavy atom. The fourth-order valence-electron chi connectivity index (χ4n) is 1.99. The molecule has 20 heavy (non-hydrogen) atoms. The summed E-state index contributed by atoms with van der Waals surface area (Å²) in [7, 11) is 3.18. The van der Waals surface area contributed by atoms with Crippen LogP contribution in [-0.4, -0.2) is 44.5 Å². The summed E-state index contributed by atoms with van der Waals surface area (Å²) < 4.78 is 10.3. The maximum Gasteiger partial charge on any atom is 0.224 e. The number of amides is 1. The number of nitrogens with one attached hydrogen (secondary N) is 1. The summed E-state index contributed by atoms with van der Waals surface area (Å²) in [6, 6.07) is 5.55. The summed E-state index contributed by atoms with van der Waals surface area (Å²) in [4.78, 5) is 12.0. The number of rotatable bonds is 8. The summed E-state index contributed by atoms with van der Waals surface area (Å²) in [6.45, 7) is 2.37. The molecule has 5 nitrogen and oxygen atoms in total. The van der Waals surface area contributed by atoms with Crippen molar-refractivity contribution >= 4 is 5.91 Å². The van der Waals surface area contributed by atoms with Crippen LogP contribution >= 0.6 is 0 Å². The minimum absolute atomic E-state index is 0.0205. The van der Waals surface area contributed by atoms with Gasteiger partial charge in [-0.05, 0) is 30.5 Å². The van der Waals surface area contributed by atoms with Gasteiger partial charge in [-0.25, -0.2) is 0 Å². The highest BCUT2D eigenvalue weighted by Crippen LogP contribution is 2.19. The Kier molecular flexibility index (Phi) is 7.04. The molecule has 1 rings (SSSR count). The van der Waals surface area contributed by atoms with Gasteiger partial charge in [0.05, 0.1) is 26.2 Å².